The average molecular weight is 258 g/mol. The van der Waals surface area contributed by atoms with Gasteiger partial charge in [0, 0.05) is 14.1 Å². The van der Waals surface area contributed by atoms with Crippen LogP contribution in [0.3, 0.4) is 0 Å². The van der Waals surface area contributed by atoms with E-state index in [1.165, 1.54) is 43.3 Å². The maximum Gasteiger partial charge on any atom is 0.244 e. The summed E-state index contributed by atoms with van der Waals surface area (Å²) < 4.78 is 25.6. The molecule has 0 heterocycles. The SMILES string of the molecule is CN(C)C(=O)CNS(=O)(=O)c1ccccc1O. The summed E-state index contributed by atoms with van der Waals surface area (Å²) in [6.07, 6.45) is 0. The Bertz CT molecular complexity index is 511. The van der Waals surface area contributed by atoms with Crippen molar-refractivity contribution >= 4 is 15.9 Å². The summed E-state index contributed by atoms with van der Waals surface area (Å²) in [6.45, 7) is -0.344. The molecule has 0 radical (unpaired) electrons. The summed E-state index contributed by atoms with van der Waals surface area (Å²) in [4.78, 5) is 12.3. The Labute approximate surface area is 99.9 Å². The minimum Gasteiger partial charge on any atom is -0.507 e. The highest BCUT2D eigenvalue weighted by atomic mass is 32.2. The highest BCUT2D eigenvalue weighted by Gasteiger charge is 2.19. The molecular formula is C10H14N2O4S. The van der Waals surface area contributed by atoms with E-state index in [1.807, 2.05) is 0 Å². The fraction of sp³-hybridized carbons (Fsp3) is 0.300. The molecule has 0 saturated carbocycles. The summed E-state index contributed by atoms with van der Waals surface area (Å²) in [5.41, 5.74) is 0. The summed E-state index contributed by atoms with van der Waals surface area (Å²) in [7, 11) is -0.818. The first-order valence-electron chi connectivity index (χ1n) is 4.82. The van der Waals surface area contributed by atoms with Crippen molar-refractivity contribution in [1.29, 1.82) is 0 Å². The second kappa shape index (κ2) is 5.15. The number of carbonyl (C=O) groups excluding carboxylic acids is 1. The first-order chi connectivity index (χ1) is 7.84. The molecule has 1 rings (SSSR count). The number of nitrogens with zero attached hydrogens (tertiary/aromatic N) is 1. The number of likely N-dealkylation sites (N-methyl/N-ethyl adjacent to an activating group) is 1. The standard InChI is InChI=1S/C10H14N2O4S/c1-12(2)10(14)7-11-17(15,16)9-6-4-3-5-8(9)13/h3-6,11,13H,7H2,1-2H3. The zero-order valence-corrected chi connectivity index (χ0v) is 10.4. The molecule has 94 valence electrons. The van der Waals surface area contributed by atoms with Crippen molar-refractivity contribution < 1.29 is 18.3 Å². The third-order valence-corrected chi connectivity index (χ3v) is 3.52. The van der Waals surface area contributed by atoms with E-state index in [9.17, 15) is 18.3 Å². The molecule has 0 atom stereocenters. The van der Waals surface area contributed by atoms with E-state index in [4.69, 9.17) is 0 Å². The van der Waals surface area contributed by atoms with Crippen molar-refractivity contribution in [1.82, 2.24) is 9.62 Å². The van der Waals surface area contributed by atoms with E-state index >= 15 is 0 Å². The van der Waals surface area contributed by atoms with Crippen LogP contribution in [-0.4, -0.2) is 45.0 Å². The van der Waals surface area contributed by atoms with Crippen LogP contribution in [-0.2, 0) is 14.8 Å². The molecule has 0 aliphatic rings. The van der Waals surface area contributed by atoms with Gasteiger partial charge in [0.25, 0.3) is 0 Å². The minimum atomic E-state index is -3.87. The molecule has 2 N–H and O–H groups in total. The van der Waals surface area contributed by atoms with Crippen molar-refractivity contribution in [3.05, 3.63) is 24.3 Å². The number of hydrogen-bond donors (Lipinski definition) is 2. The van der Waals surface area contributed by atoms with E-state index < -0.39 is 10.0 Å². The second-order valence-corrected chi connectivity index (χ2v) is 5.32. The summed E-state index contributed by atoms with van der Waals surface area (Å²) >= 11 is 0. The zero-order chi connectivity index (χ0) is 13.1. The number of phenols is 1. The summed E-state index contributed by atoms with van der Waals surface area (Å²) in [5, 5.41) is 9.41. The average Bonchev–Trinajstić information content (AvgIpc) is 2.26. The maximum absolute atomic E-state index is 11.7. The lowest BCUT2D eigenvalue weighted by atomic mass is 10.3. The number of rotatable bonds is 4. The van der Waals surface area contributed by atoms with E-state index in [1.54, 1.807) is 0 Å². The van der Waals surface area contributed by atoms with Gasteiger partial charge in [-0.15, -0.1) is 0 Å². The number of aromatic hydroxyl groups is 1. The van der Waals surface area contributed by atoms with Gasteiger partial charge in [-0.3, -0.25) is 4.79 Å². The minimum absolute atomic E-state index is 0.244. The quantitative estimate of drug-likeness (QED) is 0.780. The lowest BCUT2D eigenvalue weighted by Crippen LogP contribution is -2.36. The number of sulfonamides is 1. The molecule has 0 aromatic heterocycles. The van der Waals surface area contributed by atoms with Gasteiger partial charge in [-0.05, 0) is 12.1 Å². The van der Waals surface area contributed by atoms with Gasteiger partial charge < -0.3 is 10.0 Å². The predicted octanol–water partition coefficient (Wildman–Crippen LogP) is -0.241. The molecule has 1 aromatic carbocycles. The molecule has 1 aromatic rings. The van der Waals surface area contributed by atoms with Crippen molar-refractivity contribution in [3.8, 4) is 5.75 Å². The van der Waals surface area contributed by atoms with Crippen LogP contribution in [0.4, 0.5) is 0 Å². The lowest BCUT2D eigenvalue weighted by Gasteiger charge is -2.11. The fourth-order valence-corrected chi connectivity index (χ4v) is 2.15. The highest BCUT2D eigenvalue weighted by Crippen LogP contribution is 2.20. The molecular weight excluding hydrogens is 244 g/mol. The van der Waals surface area contributed by atoms with Gasteiger partial charge in [0.15, 0.2) is 0 Å². The van der Waals surface area contributed by atoms with Crippen molar-refractivity contribution in [2.24, 2.45) is 0 Å². The highest BCUT2D eigenvalue weighted by molar-refractivity contribution is 7.89. The van der Waals surface area contributed by atoms with Crippen molar-refractivity contribution in [2.75, 3.05) is 20.6 Å². The number of carbonyl (C=O) groups is 1. The molecule has 0 fully saturated rings. The van der Waals surface area contributed by atoms with Crippen LogP contribution < -0.4 is 4.72 Å². The first-order valence-corrected chi connectivity index (χ1v) is 6.30. The van der Waals surface area contributed by atoms with Gasteiger partial charge in [-0.1, -0.05) is 12.1 Å². The van der Waals surface area contributed by atoms with Gasteiger partial charge in [0.05, 0.1) is 6.54 Å². The number of hydrogen-bond acceptors (Lipinski definition) is 4. The normalized spacial score (nSPS) is 11.2. The number of phenolic OH excluding ortho intramolecular Hbond substituents is 1. The molecule has 0 unspecified atom stereocenters. The number of para-hydroxylation sites is 1. The van der Waals surface area contributed by atoms with Crippen LogP contribution in [0.2, 0.25) is 0 Å². The van der Waals surface area contributed by atoms with E-state index in [0.717, 1.165) is 0 Å². The Morgan fingerprint density at radius 3 is 2.47 bits per heavy atom. The fourth-order valence-electron chi connectivity index (χ4n) is 1.08. The van der Waals surface area contributed by atoms with E-state index in [-0.39, 0.29) is 23.1 Å². The number of amides is 1. The van der Waals surface area contributed by atoms with Gasteiger partial charge in [0.1, 0.15) is 10.6 Å². The molecule has 0 saturated heterocycles. The van der Waals surface area contributed by atoms with Crippen molar-refractivity contribution in [2.45, 2.75) is 4.90 Å². The molecule has 7 heteroatoms. The molecule has 0 aliphatic carbocycles. The van der Waals surface area contributed by atoms with E-state index in [2.05, 4.69) is 4.72 Å². The third kappa shape index (κ3) is 3.43. The van der Waals surface area contributed by atoms with Crippen LogP contribution in [0.1, 0.15) is 0 Å². The Hall–Kier alpha value is -1.60. The summed E-state index contributed by atoms with van der Waals surface area (Å²) in [5.74, 6) is -0.721. The first kappa shape index (κ1) is 13.5. The van der Waals surface area contributed by atoms with Gasteiger partial charge in [0.2, 0.25) is 15.9 Å². The lowest BCUT2D eigenvalue weighted by molar-refractivity contribution is -0.127. The largest absolute Gasteiger partial charge is 0.507 e. The monoisotopic (exact) mass is 258 g/mol. The van der Waals surface area contributed by atoms with Gasteiger partial charge >= 0.3 is 0 Å². The Morgan fingerprint density at radius 2 is 1.94 bits per heavy atom. The van der Waals surface area contributed by atoms with Crippen LogP contribution in [0.5, 0.6) is 5.75 Å². The van der Waals surface area contributed by atoms with Crippen LogP contribution >= 0.6 is 0 Å². The molecule has 17 heavy (non-hydrogen) atoms. The van der Waals surface area contributed by atoms with E-state index in [0.29, 0.717) is 0 Å². The van der Waals surface area contributed by atoms with Gasteiger partial charge in [-0.2, -0.15) is 0 Å². The maximum atomic E-state index is 11.7. The van der Waals surface area contributed by atoms with Crippen LogP contribution in [0.25, 0.3) is 0 Å². The summed E-state index contributed by atoms with van der Waals surface area (Å²) in [6, 6.07) is 5.53. The molecule has 0 bridgehead atoms. The topological polar surface area (TPSA) is 86.7 Å². The van der Waals surface area contributed by atoms with Crippen LogP contribution in [0.15, 0.2) is 29.2 Å². The second-order valence-electron chi connectivity index (χ2n) is 3.58. The van der Waals surface area contributed by atoms with Crippen molar-refractivity contribution in [3.63, 3.8) is 0 Å². The zero-order valence-electron chi connectivity index (χ0n) is 9.54. The third-order valence-electron chi connectivity index (χ3n) is 2.07. The smallest absolute Gasteiger partial charge is 0.244 e. The molecule has 6 nitrogen and oxygen atoms in total. The Kier molecular flexibility index (Phi) is 4.08. The van der Waals surface area contributed by atoms with Gasteiger partial charge in [-0.25, -0.2) is 13.1 Å². The Morgan fingerprint density at radius 1 is 1.35 bits per heavy atom. The predicted molar refractivity (Wildman–Crippen MR) is 62.0 cm³/mol. The molecule has 0 aliphatic heterocycles. The van der Waals surface area contributed by atoms with Crippen LogP contribution in [0, 0.1) is 0 Å². The molecule has 1 amide bonds. The number of nitrogens with one attached hydrogen (secondary N) is 1. The Balaban J connectivity index is 2.84. The number of benzene rings is 1. The molecule has 0 spiro atoms.